The van der Waals surface area contributed by atoms with Gasteiger partial charge in [-0.15, -0.1) is 0 Å². The molecule has 5 heteroatoms. The van der Waals surface area contributed by atoms with Crippen LogP contribution in [-0.2, 0) is 0 Å². The maximum atomic E-state index is 13.2. The van der Waals surface area contributed by atoms with Gasteiger partial charge in [0, 0.05) is 6.08 Å². The van der Waals surface area contributed by atoms with Crippen LogP contribution in [0.15, 0.2) is 23.6 Å². The van der Waals surface area contributed by atoms with Crippen LogP contribution in [-0.4, -0.2) is 5.67 Å². The molecule has 1 rings (SSSR count). The molecular formula is C8H5F4N. The third kappa shape index (κ3) is 1.32. The number of alkyl halides is 1. The van der Waals surface area contributed by atoms with E-state index in [0.717, 1.165) is 0 Å². The molecule has 0 aliphatic heterocycles. The summed E-state index contributed by atoms with van der Waals surface area (Å²) >= 11 is 0. The molecule has 0 aromatic rings. The van der Waals surface area contributed by atoms with Gasteiger partial charge in [-0.2, -0.15) is 5.26 Å². The minimum atomic E-state index is -2.78. The first kappa shape index (κ1) is 9.78. The number of hydrogen-bond acceptors (Lipinski definition) is 1. The molecule has 0 fully saturated rings. The van der Waals surface area contributed by atoms with Crippen molar-refractivity contribution in [2.75, 3.05) is 0 Å². The summed E-state index contributed by atoms with van der Waals surface area (Å²) in [7, 11) is 0. The molecule has 0 saturated heterocycles. The Morgan fingerprint density at radius 1 is 1.46 bits per heavy atom. The van der Waals surface area contributed by atoms with Crippen molar-refractivity contribution in [3.05, 3.63) is 23.6 Å². The van der Waals surface area contributed by atoms with E-state index in [9.17, 15) is 17.6 Å². The molecule has 1 aliphatic carbocycles. The first-order chi connectivity index (χ1) is 5.91. The summed E-state index contributed by atoms with van der Waals surface area (Å²) in [5.74, 6) is -6.61. The lowest BCUT2D eigenvalue weighted by Gasteiger charge is -2.25. The minimum Gasteiger partial charge on any atom is -0.234 e. The fraction of sp³-hybridized carbons (Fsp3) is 0.375. The fourth-order valence-corrected chi connectivity index (χ4v) is 1.01. The van der Waals surface area contributed by atoms with E-state index >= 15 is 0 Å². The molecule has 0 bridgehead atoms. The number of hydrogen-bond donors (Lipinski definition) is 0. The summed E-state index contributed by atoms with van der Waals surface area (Å²) in [5.41, 5.74) is -2.78. The molecule has 0 N–H and O–H groups in total. The summed E-state index contributed by atoms with van der Waals surface area (Å²) in [6, 6.07) is 1.18. The largest absolute Gasteiger partial charge is 0.234 e. The predicted molar refractivity (Wildman–Crippen MR) is 37.0 cm³/mol. The highest BCUT2D eigenvalue weighted by Crippen LogP contribution is 2.41. The van der Waals surface area contributed by atoms with Gasteiger partial charge in [-0.1, -0.05) is 0 Å². The Morgan fingerprint density at radius 2 is 2.00 bits per heavy atom. The molecule has 70 valence electrons. The van der Waals surface area contributed by atoms with Crippen LogP contribution in [0.2, 0.25) is 0 Å². The highest BCUT2D eigenvalue weighted by molar-refractivity contribution is 5.36. The number of halogens is 4. The second-order valence-electron chi connectivity index (χ2n) is 2.83. The lowest BCUT2D eigenvalue weighted by Crippen LogP contribution is -2.32. The SMILES string of the molecule is CC1(F)C(F)=CC(F)=C(F)C1C#N. The van der Waals surface area contributed by atoms with Crippen LogP contribution in [0.3, 0.4) is 0 Å². The van der Waals surface area contributed by atoms with Gasteiger partial charge >= 0.3 is 0 Å². The van der Waals surface area contributed by atoms with Crippen LogP contribution >= 0.6 is 0 Å². The van der Waals surface area contributed by atoms with Crippen molar-refractivity contribution in [2.24, 2.45) is 5.92 Å². The van der Waals surface area contributed by atoms with Gasteiger partial charge in [0.25, 0.3) is 0 Å². The molecule has 13 heavy (non-hydrogen) atoms. The van der Waals surface area contributed by atoms with Gasteiger partial charge in [-0.3, -0.25) is 0 Å². The summed E-state index contributed by atoms with van der Waals surface area (Å²) in [4.78, 5) is 0. The maximum Gasteiger partial charge on any atom is 0.181 e. The molecule has 0 spiro atoms. The quantitative estimate of drug-likeness (QED) is 0.540. The van der Waals surface area contributed by atoms with E-state index in [2.05, 4.69) is 0 Å². The normalized spacial score (nSPS) is 34.2. The summed E-state index contributed by atoms with van der Waals surface area (Å²) in [6.07, 6.45) is 0.114. The lowest BCUT2D eigenvalue weighted by molar-refractivity contribution is 0.141. The van der Waals surface area contributed by atoms with Gasteiger partial charge in [0.15, 0.2) is 17.3 Å². The summed E-state index contributed by atoms with van der Waals surface area (Å²) < 4.78 is 51.2. The molecule has 0 heterocycles. The zero-order valence-electron chi connectivity index (χ0n) is 6.61. The van der Waals surface area contributed by atoms with E-state index in [-0.39, 0.29) is 6.08 Å². The Balaban J connectivity index is 3.26. The van der Waals surface area contributed by atoms with Crippen molar-refractivity contribution in [1.29, 1.82) is 5.26 Å². The van der Waals surface area contributed by atoms with Crippen LogP contribution in [0.1, 0.15) is 6.92 Å². The van der Waals surface area contributed by atoms with Gasteiger partial charge in [-0.05, 0) is 6.92 Å². The van der Waals surface area contributed by atoms with Crippen molar-refractivity contribution in [3.63, 3.8) is 0 Å². The summed E-state index contributed by atoms with van der Waals surface area (Å²) in [5, 5.41) is 8.31. The molecule has 2 unspecified atom stereocenters. The Bertz CT molecular complexity index is 335. The van der Waals surface area contributed by atoms with Crippen molar-refractivity contribution in [1.82, 2.24) is 0 Å². The first-order valence-electron chi connectivity index (χ1n) is 3.42. The smallest absolute Gasteiger partial charge is 0.181 e. The van der Waals surface area contributed by atoms with Crippen molar-refractivity contribution < 1.29 is 17.6 Å². The van der Waals surface area contributed by atoms with Gasteiger partial charge in [0.05, 0.1) is 6.07 Å². The van der Waals surface area contributed by atoms with Gasteiger partial charge in [0.2, 0.25) is 0 Å². The van der Waals surface area contributed by atoms with Gasteiger partial charge < -0.3 is 0 Å². The molecule has 0 aromatic heterocycles. The standard InChI is InChI=1S/C8H5F4N/c1-8(12)4(3-13)7(11)5(9)2-6(8)10/h2,4H,1H3. The molecule has 0 saturated carbocycles. The number of nitriles is 1. The lowest BCUT2D eigenvalue weighted by atomic mass is 9.86. The Morgan fingerprint density at radius 3 is 2.46 bits per heavy atom. The third-order valence-corrected chi connectivity index (χ3v) is 1.87. The van der Waals surface area contributed by atoms with E-state index in [1.807, 2.05) is 0 Å². The van der Waals surface area contributed by atoms with Crippen molar-refractivity contribution in [3.8, 4) is 6.07 Å². The number of rotatable bonds is 0. The zero-order chi connectivity index (χ0) is 10.2. The van der Waals surface area contributed by atoms with E-state index in [0.29, 0.717) is 6.92 Å². The van der Waals surface area contributed by atoms with E-state index in [1.54, 1.807) is 0 Å². The molecule has 2 atom stereocenters. The molecular weight excluding hydrogens is 186 g/mol. The van der Waals surface area contributed by atoms with E-state index in [4.69, 9.17) is 5.26 Å². The van der Waals surface area contributed by atoms with Crippen LogP contribution in [0, 0.1) is 17.2 Å². The average Bonchev–Trinajstić information content (AvgIpc) is 2.02. The van der Waals surface area contributed by atoms with Crippen LogP contribution in [0.5, 0.6) is 0 Å². The highest BCUT2D eigenvalue weighted by atomic mass is 19.2. The van der Waals surface area contributed by atoms with Crippen molar-refractivity contribution in [2.45, 2.75) is 12.6 Å². The second kappa shape index (κ2) is 2.87. The minimum absolute atomic E-state index is 0.114. The average molecular weight is 191 g/mol. The van der Waals surface area contributed by atoms with Crippen molar-refractivity contribution >= 4 is 0 Å². The Labute approximate surface area is 72.0 Å². The fourth-order valence-electron chi connectivity index (χ4n) is 1.01. The van der Waals surface area contributed by atoms with Crippen LogP contribution < -0.4 is 0 Å². The molecule has 0 amide bonds. The van der Waals surface area contributed by atoms with E-state index < -0.39 is 29.1 Å². The second-order valence-corrected chi connectivity index (χ2v) is 2.83. The van der Waals surface area contributed by atoms with Crippen LogP contribution in [0.4, 0.5) is 17.6 Å². The van der Waals surface area contributed by atoms with E-state index in [1.165, 1.54) is 6.07 Å². The van der Waals surface area contributed by atoms with Crippen LogP contribution in [0.25, 0.3) is 0 Å². The Hall–Kier alpha value is -1.31. The van der Waals surface area contributed by atoms with Gasteiger partial charge in [0.1, 0.15) is 11.7 Å². The Kier molecular flexibility index (Phi) is 2.16. The number of nitrogens with zero attached hydrogens (tertiary/aromatic N) is 1. The van der Waals surface area contributed by atoms with Gasteiger partial charge in [-0.25, -0.2) is 17.6 Å². The molecule has 0 aromatic carbocycles. The number of allylic oxidation sites excluding steroid dienone is 4. The zero-order valence-corrected chi connectivity index (χ0v) is 6.61. The maximum absolute atomic E-state index is 13.2. The third-order valence-electron chi connectivity index (χ3n) is 1.87. The first-order valence-corrected chi connectivity index (χ1v) is 3.42. The molecule has 1 nitrogen and oxygen atoms in total. The predicted octanol–water partition coefficient (Wildman–Crippen LogP) is 2.87. The highest BCUT2D eigenvalue weighted by Gasteiger charge is 2.46. The summed E-state index contributed by atoms with van der Waals surface area (Å²) in [6.45, 7) is 0.693. The monoisotopic (exact) mass is 191 g/mol. The molecule has 0 radical (unpaired) electrons. The topological polar surface area (TPSA) is 23.8 Å². The molecule has 1 aliphatic rings.